The maximum absolute atomic E-state index is 12.5. The van der Waals surface area contributed by atoms with Gasteiger partial charge in [-0.3, -0.25) is 4.79 Å². The van der Waals surface area contributed by atoms with E-state index in [0.717, 1.165) is 6.20 Å². The van der Waals surface area contributed by atoms with Gasteiger partial charge in [0.15, 0.2) is 22.2 Å². The number of hydrogen-bond donors (Lipinski definition) is 1. The Morgan fingerprint density at radius 1 is 1.19 bits per heavy atom. The van der Waals surface area contributed by atoms with Gasteiger partial charge >= 0.3 is 0 Å². The lowest BCUT2D eigenvalue weighted by Crippen LogP contribution is -2.07. The Balaban J connectivity index is 1.98. The van der Waals surface area contributed by atoms with Crippen molar-refractivity contribution in [3.63, 3.8) is 0 Å². The average molecular weight is 370 g/mol. The number of ether oxygens (including phenoxy) is 2. The van der Waals surface area contributed by atoms with E-state index in [1.54, 1.807) is 24.3 Å². The second kappa shape index (κ2) is 6.90. The van der Waals surface area contributed by atoms with Crippen LogP contribution in [0, 0.1) is 11.3 Å². The monoisotopic (exact) mass is 370 g/mol. The molecule has 0 atom stereocenters. The number of sulfone groups is 1. The predicted octanol–water partition coefficient (Wildman–Crippen LogP) is 2.87. The number of allylic oxidation sites excluding steroid dienone is 1. The molecule has 0 aromatic heterocycles. The lowest BCUT2D eigenvalue weighted by molar-refractivity contribution is 0.101. The summed E-state index contributed by atoms with van der Waals surface area (Å²) < 4.78 is 35.6. The van der Waals surface area contributed by atoms with Gasteiger partial charge in [0.25, 0.3) is 0 Å². The van der Waals surface area contributed by atoms with Crippen molar-refractivity contribution in [2.75, 3.05) is 12.1 Å². The molecule has 0 saturated carbocycles. The number of nitrogens with one attached hydrogen (secondary N) is 1. The van der Waals surface area contributed by atoms with Gasteiger partial charge in [-0.15, -0.1) is 0 Å². The smallest absolute Gasteiger partial charge is 0.231 e. The summed E-state index contributed by atoms with van der Waals surface area (Å²) in [6.07, 6.45) is 1.06. The molecule has 0 fully saturated rings. The van der Waals surface area contributed by atoms with E-state index in [1.807, 2.05) is 0 Å². The minimum absolute atomic E-state index is 0.00655. The fraction of sp³-hybridized carbons (Fsp3) is 0.111. The Kier molecular flexibility index (Phi) is 4.65. The normalized spacial score (nSPS) is 13.2. The minimum atomic E-state index is -3.97. The van der Waals surface area contributed by atoms with Crippen molar-refractivity contribution in [2.24, 2.45) is 0 Å². The van der Waals surface area contributed by atoms with Crippen molar-refractivity contribution in [2.45, 2.75) is 11.8 Å². The lowest BCUT2D eigenvalue weighted by Gasteiger charge is -2.09. The molecule has 3 rings (SSSR count). The summed E-state index contributed by atoms with van der Waals surface area (Å²) >= 11 is 0. The number of anilines is 1. The van der Waals surface area contributed by atoms with Crippen LogP contribution in [-0.4, -0.2) is 21.0 Å². The first-order valence-corrected chi connectivity index (χ1v) is 9.03. The van der Waals surface area contributed by atoms with E-state index < -0.39 is 14.7 Å². The molecule has 132 valence electrons. The number of nitrogens with zero attached hydrogens (tertiary/aromatic N) is 1. The van der Waals surface area contributed by atoms with Crippen LogP contribution in [0.25, 0.3) is 0 Å². The fourth-order valence-corrected chi connectivity index (χ4v) is 3.50. The molecular formula is C18H14N2O5S. The molecule has 7 nitrogen and oxygen atoms in total. The zero-order valence-corrected chi connectivity index (χ0v) is 14.5. The first-order chi connectivity index (χ1) is 12.4. The Bertz CT molecular complexity index is 1040. The van der Waals surface area contributed by atoms with Crippen molar-refractivity contribution in [3.05, 3.63) is 59.1 Å². The summed E-state index contributed by atoms with van der Waals surface area (Å²) in [4.78, 5) is 11.4. The van der Waals surface area contributed by atoms with E-state index in [-0.39, 0.29) is 17.5 Å². The molecule has 26 heavy (non-hydrogen) atoms. The van der Waals surface area contributed by atoms with Gasteiger partial charge in [-0.05, 0) is 25.1 Å². The van der Waals surface area contributed by atoms with Crippen LogP contribution in [0.1, 0.15) is 17.3 Å². The number of nitriles is 1. The average Bonchev–Trinajstić information content (AvgIpc) is 3.09. The number of carbonyl (C=O) groups is 1. The highest BCUT2D eigenvalue weighted by Gasteiger charge is 2.22. The van der Waals surface area contributed by atoms with Gasteiger partial charge in [-0.2, -0.15) is 5.26 Å². The molecule has 2 aromatic rings. The number of ketones is 1. The van der Waals surface area contributed by atoms with Crippen molar-refractivity contribution < 1.29 is 22.7 Å². The number of hydrogen-bond acceptors (Lipinski definition) is 7. The Morgan fingerprint density at radius 3 is 2.46 bits per heavy atom. The third kappa shape index (κ3) is 3.25. The van der Waals surface area contributed by atoms with Crippen molar-refractivity contribution >= 4 is 21.3 Å². The van der Waals surface area contributed by atoms with Gasteiger partial charge < -0.3 is 14.8 Å². The summed E-state index contributed by atoms with van der Waals surface area (Å²) in [6.45, 7) is 1.41. The zero-order valence-electron chi connectivity index (χ0n) is 13.7. The van der Waals surface area contributed by atoms with Crippen LogP contribution in [0.3, 0.4) is 0 Å². The summed E-state index contributed by atoms with van der Waals surface area (Å²) in [7, 11) is -3.97. The highest BCUT2D eigenvalue weighted by atomic mass is 32.2. The SMILES string of the molecule is CC(=O)c1cc2c(cc1N/C=C(/C#N)S(=O)(=O)c1ccccc1)OCO2. The largest absolute Gasteiger partial charge is 0.454 e. The van der Waals surface area contributed by atoms with E-state index in [2.05, 4.69) is 5.32 Å². The molecule has 0 spiro atoms. The van der Waals surface area contributed by atoms with Gasteiger partial charge in [0.1, 0.15) is 6.07 Å². The van der Waals surface area contributed by atoms with Crippen molar-refractivity contribution in [1.29, 1.82) is 5.26 Å². The molecule has 1 N–H and O–H groups in total. The van der Waals surface area contributed by atoms with Crippen molar-refractivity contribution in [1.82, 2.24) is 0 Å². The highest BCUT2D eigenvalue weighted by molar-refractivity contribution is 7.95. The molecular weight excluding hydrogens is 356 g/mol. The van der Waals surface area contributed by atoms with E-state index in [1.165, 1.54) is 31.2 Å². The van der Waals surface area contributed by atoms with E-state index >= 15 is 0 Å². The molecule has 1 aliphatic rings. The minimum Gasteiger partial charge on any atom is -0.454 e. The number of Topliss-reactive ketones (excluding diaryl/α,β-unsaturated/α-hetero) is 1. The molecule has 1 heterocycles. The number of carbonyl (C=O) groups excluding carboxylic acids is 1. The summed E-state index contributed by atoms with van der Waals surface area (Å²) in [5, 5.41) is 12.0. The first kappa shape index (κ1) is 17.5. The van der Waals surface area contributed by atoms with Gasteiger partial charge in [-0.25, -0.2) is 8.42 Å². The standard InChI is InChI=1S/C18H14N2O5S/c1-12(21)15-7-17-18(25-11-24-17)8-16(15)20-10-14(9-19)26(22,23)13-5-3-2-4-6-13/h2-8,10,20H,11H2,1H3/b14-10-. The third-order valence-electron chi connectivity index (χ3n) is 3.70. The van der Waals surface area contributed by atoms with Crippen LogP contribution in [0.15, 0.2) is 58.5 Å². The van der Waals surface area contributed by atoms with E-state index in [4.69, 9.17) is 9.47 Å². The van der Waals surface area contributed by atoms with E-state index in [0.29, 0.717) is 22.7 Å². The number of benzene rings is 2. The van der Waals surface area contributed by atoms with Gasteiger partial charge in [-0.1, -0.05) is 18.2 Å². The third-order valence-corrected chi connectivity index (χ3v) is 5.38. The topological polar surface area (TPSA) is 105 Å². The fourth-order valence-electron chi connectivity index (χ4n) is 2.39. The Hall–Kier alpha value is -3.31. The molecule has 1 aliphatic heterocycles. The summed E-state index contributed by atoms with van der Waals surface area (Å²) in [5.74, 6) is 0.612. The maximum atomic E-state index is 12.5. The Labute approximate surface area is 150 Å². The molecule has 0 unspecified atom stereocenters. The van der Waals surface area contributed by atoms with Crippen LogP contribution < -0.4 is 14.8 Å². The van der Waals surface area contributed by atoms with Crippen LogP contribution in [-0.2, 0) is 9.84 Å². The number of fused-ring (bicyclic) bond motifs is 1. The molecule has 0 bridgehead atoms. The molecule has 8 heteroatoms. The van der Waals surface area contributed by atoms with Crippen LogP contribution in [0.4, 0.5) is 5.69 Å². The van der Waals surface area contributed by atoms with Crippen LogP contribution >= 0.6 is 0 Å². The first-order valence-electron chi connectivity index (χ1n) is 7.55. The molecule has 0 saturated heterocycles. The van der Waals surface area contributed by atoms with Gasteiger partial charge in [0, 0.05) is 17.8 Å². The van der Waals surface area contributed by atoms with Gasteiger partial charge in [0.05, 0.1) is 10.6 Å². The van der Waals surface area contributed by atoms with E-state index in [9.17, 15) is 18.5 Å². The summed E-state index contributed by atoms with van der Waals surface area (Å²) in [6, 6.07) is 12.4. The second-order valence-electron chi connectivity index (χ2n) is 5.39. The quantitative estimate of drug-likeness (QED) is 0.637. The molecule has 0 aliphatic carbocycles. The zero-order chi connectivity index (χ0) is 18.7. The van der Waals surface area contributed by atoms with Crippen molar-refractivity contribution in [3.8, 4) is 17.6 Å². The maximum Gasteiger partial charge on any atom is 0.231 e. The molecule has 0 radical (unpaired) electrons. The van der Waals surface area contributed by atoms with Gasteiger partial charge in [0.2, 0.25) is 16.6 Å². The molecule has 2 aromatic carbocycles. The predicted molar refractivity (Wildman–Crippen MR) is 93.5 cm³/mol. The second-order valence-corrected chi connectivity index (χ2v) is 7.31. The van der Waals surface area contributed by atoms with Crippen LogP contribution in [0.5, 0.6) is 11.5 Å². The highest BCUT2D eigenvalue weighted by Crippen LogP contribution is 2.37. The number of rotatable bonds is 5. The lowest BCUT2D eigenvalue weighted by atomic mass is 10.1. The van der Waals surface area contributed by atoms with Crippen LogP contribution in [0.2, 0.25) is 0 Å². The molecule has 0 amide bonds. The summed E-state index contributed by atoms with van der Waals surface area (Å²) in [5.41, 5.74) is 0.609. The Morgan fingerprint density at radius 2 is 1.85 bits per heavy atom.